The Bertz CT molecular complexity index is 534. The molecule has 1 aromatic carbocycles. The third-order valence-corrected chi connectivity index (χ3v) is 2.88. The molecule has 7 nitrogen and oxygen atoms in total. The Morgan fingerprint density at radius 3 is 2.57 bits per heavy atom. The number of nitrogens with zero attached hydrogens (tertiary/aromatic N) is 1. The van der Waals surface area contributed by atoms with Gasteiger partial charge >= 0.3 is 12.0 Å². The van der Waals surface area contributed by atoms with Crippen LogP contribution in [0.5, 0.6) is 0 Å². The highest BCUT2D eigenvalue weighted by Crippen LogP contribution is 2.17. The minimum atomic E-state index is -1.23. The van der Waals surface area contributed by atoms with Gasteiger partial charge in [0, 0.05) is 5.02 Å². The number of urea groups is 1. The van der Waals surface area contributed by atoms with Gasteiger partial charge in [-0.3, -0.25) is 9.59 Å². The predicted molar refractivity (Wildman–Crippen MR) is 76.8 cm³/mol. The summed E-state index contributed by atoms with van der Waals surface area (Å²) in [4.78, 5) is 34.4. The number of nitrogens with one attached hydrogen (secondary N) is 1. The van der Waals surface area contributed by atoms with Gasteiger partial charge in [0.2, 0.25) is 5.91 Å². The van der Waals surface area contributed by atoms with Crippen LogP contribution in [0, 0.1) is 0 Å². The van der Waals surface area contributed by atoms with Gasteiger partial charge in [0.05, 0.1) is 6.04 Å². The van der Waals surface area contributed by atoms with E-state index in [0.717, 1.165) is 10.5 Å². The highest BCUT2D eigenvalue weighted by molar-refractivity contribution is 6.30. The van der Waals surface area contributed by atoms with Crippen molar-refractivity contribution in [1.82, 2.24) is 10.2 Å². The molecule has 0 fully saturated rings. The molecule has 21 heavy (non-hydrogen) atoms. The lowest BCUT2D eigenvalue weighted by Gasteiger charge is -2.22. The summed E-state index contributed by atoms with van der Waals surface area (Å²) in [6.45, 7) is 0.629. The summed E-state index contributed by atoms with van der Waals surface area (Å²) >= 11 is 5.86. The molecule has 0 saturated heterocycles. The van der Waals surface area contributed by atoms with Crippen molar-refractivity contribution in [3.05, 3.63) is 34.9 Å². The number of halogens is 1. The number of hydrogen-bond acceptors (Lipinski definition) is 3. The first-order chi connectivity index (χ1) is 9.79. The number of hydrogen-bond donors (Lipinski definition) is 3. The Hall–Kier alpha value is -2.28. The van der Waals surface area contributed by atoms with E-state index in [4.69, 9.17) is 22.4 Å². The summed E-state index contributed by atoms with van der Waals surface area (Å²) in [5.41, 5.74) is 5.75. The van der Waals surface area contributed by atoms with Gasteiger partial charge in [0.1, 0.15) is 13.1 Å². The van der Waals surface area contributed by atoms with Crippen LogP contribution in [-0.2, 0) is 9.59 Å². The van der Waals surface area contributed by atoms with Crippen molar-refractivity contribution in [2.75, 3.05) is 13.1 Å². The van der Waals surface area contributed by atoms with Crippen molar-refractivity contribution >= 4 is 29.5 Å². The Morgan fingerprint density at radius 1 is 1.38 bits per heavy atom. The van der Waals surface area contributed by atoms with Gasteiger partial charge in [-0.05, 0) is 24.6 Å². The van der Waals surface area contributed by atoms with Gasteiger partial charge in [0.15, 0.2) is 0 Å². The lowest BCUT2D eigenvalue weighted by molar-refractivity contribution is -0.137. The summed E-state index contributed by atoms with van der Waals surface area (Å²) in [5, 5.41) is 11.9. The number of rotatable bonds is 6. The number of carbonyl (C=O) groups excluding carboxylic acids is 2. The van der Waals surface area contributed by atoms with Crippen molar-refractivity contribution in [1.29, 1.82) is 0 Å². The third kappa shape index (κ3) is 5.70. The van der Waals surface area contributed by atoms with Gasteiger partial charge in [-0.1, -0.05) is 23.7 Å². The zero-order valence-corrected chi connectivity index (χ0v) is 12.1. The molecule has 3 amide bonds. The molecule has 0 saturated carbocycles. The minimum absolute atomic E-state index is 0.402. The number of benzene rings is 1. The maximum absolute atomic E-state index is 12.0. The van der Waals surface area contributed by atoms with E-state index in [1.54, 1.807) is 31.2 Å². The van der Waals surface area contributed by atoms with E-state index in [1.807, 2.05) is 0 Å². The van der Waals surface area contributed by atoms with Crippen molar-refractivity contribution in [3.63, 3.8) is 0 Å². The highest BCUT2D eigenvalue weighted by Gasteiger charge is 2.20. The Balaban J connectivity index is 2.75. The Kier molecular flexibility index (Phi) is 5.98. The van der Waals surface area contributed by atoms with Gasteiger partial charge in [-0.15, -0.1) is 0 Å². The minimum Gasteiger partial charge on any atom is -0.480 e. The fraction of sp³-hybridized carbons (Fsp3) is 0.308. The number of carboxylic acids is 1. The van der Waals surface area contributed by atoms with Crippen molar-refractivity contribution in [3.8, 4) is 0 Å². The maximum atomic E-state index is 12.0. The quantitative estimate of drug-likeness (QED) is 0.726. The molecule has 0 radical (unpaired) electrons. The first-order valence-electron chi connectivity index (χ1n) is 6.10. The van der Waals surface area contributed by atoms with E-state index >= 15 is 0 Å². The molecule has 0 bridgehead atoms. The smallest absolute Gasteiger partial charge is 0.323 e. The zero-order valence-electron chi connectivity index (χ0n) is 11.4. The number of amides is 3. The molecule has 0 spiro atoms. The molecule has 4 N–H and O–H groups in total. The van der Waals surface area contributed by atoms with E-state index in [2.05, 4.69) is 5.32 Å². The second-order valence-corrected chi connectivity index (χ2v) is 4.88. The van der Waals surface area contributed by atoms with Crippen molar-refractivity contribution in [2.24, 2.45) is 5.73 Å². The fourth-order valence-electron chi connectivity index (χ4n) is 1.69. The maximum Gasteiger partial charge on any atom is 0.323 e. The van der Waals surface area contributed by atoms with Crippen LogP contribution in [0.1, 0.15) is 18.5 Å². The number of aliphatic carboxylic acids is 1. The molecule has 1 aromatic rings. The molecule has 0 aliphatic rings. The van der Waals surface area contributed by atoms with E-state index in [-0.39, 0.29) is 0 Å². The van der Waals surface area contributed by atoms with E-state index in [0.29, 0.717) is 5.02 Å². The number of carbonyl (C=O) groups is 3. The summed E-state index contributed by atoms with van der Waals surface area (Å²) in [6.07, 6.45) is 0. The lowest BCUT2D eigenvalue weighted by atomic mass is 10.1. The largest absolute Gasteiger partial charge is 0.480 e. The van der Waals surface area contributed by atoms with Crippen molar-refractivity contribution < 1.29 is 19.5 Å². The predicted octanol–water partition coefficient (Wildman–Crippen LogP) is 0.983. The van der Waals surface area contributed by atoms with Gasteiger partial charge in [0.25, 0.3) is 0 Å². The van der Waals surface area contributed by atoms with Crippen LogP contribution in [0.25, 0.3) is 0 Å². The molecule has 0 aliphatic heterocycles. The average Bonchev–Trinajstić information content (AvgIpc) is 2.36. The first kappa shape index (κ1) is 16.8. The van der Waals surface area contributed by atoms with Crippen LogP contribution in [0.2, 0.25) is 5.02 Å². The van der Waals surface area contributed by atoms with Crippen molar-refractivity contribution in [2.45, 2.75) is 13.0 Å². The Labute approximate surface area is 126 Å². The topological polar surface area (TPSA) is 113 Å². The number of carboxylic acid groups (broad SMARTS) is 1. The molecule has 114 valence electrons. The molecule has 1 atom stereocenters. The fourth-order valence-corrected chi connectivity index (χ4v) is 1.89. The third-order valence-electron chi connectivity index (χ3n) is 2.65. The summed E-state index contributed by atoms with van der Waals surface area (Å²) in [7, 11) is 0. The molecule has 0 aliphatic carbocycles. The van der Waals surface area contributed by atoms with E-state index < -0.39 is 37.0 Å². The SMILES string of the molecule is CC(NC(=O)N(CC(N)=O)CC(=O)O)c1cccc(Cl)c1. The van der Waals surface area contributed by atoms with Crippen LogP contribution in [0.3, 0.4) is 0 Å². The molecular formula is C13H16ClN3O4. The highest BCUT2D eigenvalue weighted by atomic mass is 35.5. The second kappa shape index (κ2) is 7.49. The molecule has 0 aromatic heterocycles. The molecule has 0 heterocycles. The summed E-state index contributed by atoms with van der Waals surface area (Å²) in [5.74, 6) is -2.02. The zero-order chi connectivity index (χ0) is 16.0. The van der Waals surface area contributed by atoms with E-state index in [9.17, 15) is 14.4 Å². The molecule has 8 heteroatoms. The molecule has 1 rings (SSSR count). The van der Waals surface area contributed by atoms with Gasteiger partial charge in [-0.25, -0.2) is 4.79 Å². The summed E-state index contributed by atoms with van der Waals surface area (Å²) in [6, 6.07) is 5.79. The van der Waals surface area contributed by atoms with Crippen LogP contribution >= 0.6 is 11.6 Å². The van der Waals surface area contributed by atoms with Crippen LogP contribution in [0.15, 0.2) is 24.3 Å². The average molecular weight is 314 g/mol. The van der Waals surface area contributed by atoms with Gasteiger partial charge < -0.3 is 21.1 Å². The standard InChI is InChI=1S/C13H16ClN3O4/c1-8(9-3-2-4-10(14)5-9)16-13(21)17(6-11(15)18)7-12(19)20/h2-5,8H,6-7H2,1H3,(H2,15,18)(H,16,21)(H,19,20). The molecular weight excluding hydrogens is 298 g/mol. The second-order valence-electron chi connectivity index (χ2n) is 4.44. The first-order valence-corrected chi connectivity index (χ1v) is 6.48. The van der Waals surface area contributed by atoms with E-state index in [1.165, 1.54) is 0 Å². The lowest BCUT2D eigenvalue weighted by Crippen LogP contribution is -2.47. The van der Waals surface area contributed by atoms with Crippen LogP contribution in [-0.4, -0.2) is 41.0 Å². The van der Waals surface area contributed by atoms with Crippen LogP contribution in [0.4, 0.5) is 4.79 Å². The normalized spacial score (nSPS) is 11.5. The van der Waals surface area contributed by atoms with Crippen LogP contribution < -0.4 is 11.1 Å². The van der Waals surface area contributed by atoms with Gasteiger partial charge in [-0.2, -0.15) is 0 Å². The Morgan fingerprint density at radius 2 is 2.05 bits per heavy atom. The number of primary amides is 1. The summed E-state index contributed by atoms with van der Waals surface area (Å²) < 4.78 is 0. The number of nitrogens with two attached hydrogens (primary N) is 1. The molecule has 1 unspecified atom stereocenters. The monoisotopic (exact) mass is 313 g/mol.